The van der Waals surface area contributed by atoms with Crippen molar-refractivity contribution < 1.29 is 9.90 Å². The van der Waals surface area contributed by atoms with Gasteiger partial charge in [0.05, 0.1) is 5.92 Å². The quantitative estimate of drug-likeness (QED) is 0.683. The molecule has 0 saturated heterocycles. The zero-order valence-corrected chi connectivity index (χ0v) is 7.26. The summed E-state index contributed by atoms with van der Waals surface area (Å²) in [4.78, 5) is 10.8. The Kier molecular flexibility index (Phi) is 4.41. The zero-order chi connectivity index (χ0) is 8.48. The van der Waals surface area contributed by atoms with Crippen molar-refractivity contribution in [3.05, 3.63) is 0 Å². The normalized spacial score (nSPS) is 27.3. The maximum absolute atomic E-state index is 10.8. The summed E-state index contributed by atoms with van der Waals surface area (Å²) in [5.74, 6) is -0.731. The van der Waals surface area contributed by atoms with E-state index in [2.05, 4.69) is 13.8 Å². The molecule has 0 aromatic carbocycles. The predicted molar refractivity (Wildman–Crippen MR) is 53.3 cm³/mol. The molecule has 0 radical (unpaired) electrons. The van der Waals surface area contributed by atoms with Crippen LogP contribution in [0.1, 0.15) is 39.5 Å². The van der Waals surface area contributed by atoms with Crippen LogP contribution in [0.5, 0.6) is 0 Å². The number of aliphatic carboxylic acids is 1. The van der Waals surface area contributed by atoms with Gasteiger partial charge in [0, 0.05) is 0 Å². The molecular formula is C9H19GaO2. The van der Waals surface area contributed by atoms with Gasteiger partial charge in [0.1, 0.15) is 0 Å². The fourth-order valence-corrected chi connectivity index (χ4v) is 1.95. The number of hydrogen-bond donors (Lipinski definition) is 1. The fourth-order valence-electron chi connectivity index (χ4n) is 1.95. The minimum absolute atomic E-state index is 0. The standard InChI is InChI=1S/C9H16O2.Ga.3H/c1-9(2)6-4-3-5-7(9)8(10)11;;;;/h7H,3-6H2,1-2H3,(H,10,11);;;;. The number of rotatable bonds is 1. The minimum atomic E-state index is -0.616. The van der Waals surface area contributed by atoms with Crippen LogP contribution in [0, 0.1) is 11.3 Å². The first-order valence-electron chi connectivity index (χ1n) is 4.27. The summed E-state index contributed by atoms with van der Waals surface area (Å²) in [6.45, 7) is 4.12. The van der Waals surface area contributed by atoms with Gasteiger partial charge in [-0.1, -0.05) is 26.7 Å². The summed E-state index contributed by atoms with van der Waals surface area (Å²) in [6, 6.07) is 0. The van der Waals surface area contributed by atoms with Crippen LogP contribution in [0.2, 0.25) is 0 Å². The van der Waals surface area contributed by atoms with Crippen molar-refractivity contribution in [1.29, 1.82) is 0 Å². The van der Waals surface area contributed by atoms with Crippen LogP contribution in [-0.2, 0) is 4.79 Å². The molecule has 0 amide bonds. The van der Waals surface area contributed by atoms with E-state index in [1.165, 1.54) is 6.42 Å². The topological polar surface area (TPSA) is 37.3 Å². The van der Waals surface area contributed by atoms with Gasteiger partial charge in [-0.2, -0.15) is 0 Å². The van der Waals surface area contributed by atoms with E-state index in [1.807, 2.05) is 0 Å². The van der Waals surface area contributed by atoms with Crippen LogP contribution in [0.25, 0.3) is 0 Å². The summed E-state index contributed by atoms with van der Waals surface area (Å²) < 4.78 is 0. The molecule has 3 heteroatoms. The Morgan fingerprint density at radius 1 is 1.42 bits per heavy atom. The van der Waals surface area contributed by atoms with Gasteiger partial charge in [0.15, 0.2) is 0 Å². The average Bonchev–Trinajstić information content (AvgIpc) is 1.85. The van der Waals surface area contributed by atoms with Crippen molar-refractivity contribution in [1.82, 2.24) is 0 Å². The first-order valence-corrected chi connectivity index (χ1v) is 4.27. The van der Waals surface area contributed by atoms with E-state index in [-0.39, 0.29) is 31.1 Å². The van der Waals surface area contributed by atoms with Gasteiger partial charge in [-0.15, -0.1) is 0 Å². The summed E-state index contributed by atoms with van der Waals surface area (Å²) in [5.41, 5.74) is 0.0179. The average molecular weight is 229 g/mol. The Morgan fingerprint density at radius 3 is 2.33 bits per heavy atom. The maximum atomic E-state index is 10.8. The van der Waals surface area contributed by atoms with Crippen molar-refractivity contribution >= 4 is 25.8 Å². The van der Waals surface area contributed by atoms with Crippen LogP contribution in [0.3, 0.4) is 0 Å². The van der Waals surface area contributed by atoms with Crippen molar-refractivity contribution in [2.45, 2.75) is 39.5 Å². The second-order valence-corrected chi connectivity index (χ2v) is 4.13. The summed E-state index contributed by atoms with van der Waals surface area (Å²) in [7, 11) is 0. The van der Waals surface area contributed by atoms with Gasteiger partial charge in [-0.25, -0.2) is 0 Å². The van der Waals surface area contributed by atoms with Crippen LogP contribution < -0.4 is 0 Å². The zero-order valence-electron chi connectivity index (χ0n) is 7.26. The molecule has 0 aromatic heterocycles. The third-order valence-electron chi connectivity index (χ3n) is 2.81. The molecule has 0 bridgehead atoms. The van der Waals surface area contributed by atoms with Crippen molar-refractivity contribution in [2.24, 2.45) is 11.3 Å². The SMILES string of the molecule is CC1(C)CCCCC1C(=O)O.[GaH3]. The molecule has 0 aromatic rings. The molecular weight excluding hydrogens is 210 g/mol. The summed E-state index contributed by atoms with van der Waals surface area (Å²) in [6.07, 6.45) is 4.20. The molecule has 0 spiro atoms. The second-order valence-electron chi connectivity index (χ2n) is 4.13. The second kappa shape index (κ2) is 4.37. The molecule has 1 unspecified atom stereocenters. The molecule has 12 heavy (non-hydrogen) atoms. The summed E-state index contributed by atoms with van der Waals surface area (Å²) in [5, 5.41) is 8.87. The number of carboxylic acid groups (broad SMARTS) is 1. The molecule has 1 aliphatic carbocycles. The third-order valence-corrected chi connectivity index (χ3v) is 2.81. The van der Waals surface area contributed by atoms with E-state index in [1.54, 1.807) is 0 Å². The Morgan fingerprint density at radius 2 is 2.00 bits per heavy atom. The van der Waals surface area contributed by atoms with Crippen molar-refractivity contribution in [3.63, 3.8) is 0 Å². The molecule has 1 N–H and O–H groups in total. The van der Waals surface area contributed by atoms with E-state index < -0.39 is 5.97 Å². The first-order chi connectivity index (χ1) is 5.04. The summed E-state index contributed by atoms with van der Waals surface area (Å²) >= 11 is 0. The predicted octanol–water partition coefficient (Wildman–Crippen LogP) is 1.10. The number of carboxylic acids is 1. The van der Waals surface area contributed by atoms with Crippen LogP contribution in [-0.4, -0.2) is 30.9 Å². The van der Waals surface area contributed by atoms with E-state index in [4.69, 9.17) is 5.11 Å². The van der Waals surface area contributed by atoms with Crippen molar-refractivity contribution in [2.75, 3.05) is 0 Å². The Bertz CT molecular complexity index is 166. The van der Waals surface area contributed by atoms with Crippen LogP contribution >= 0.6 is 0 Å². The molecule has 0 aliphatic heterocycles. The molecule has 1 rings (SSSR count). The van der Waals surface area contributed by atoms with Gasteiger partial charge in [0.2, 0.25) is 0 Å². The van der Waals surface area contributed by atoms with E-state index in [0.29, 0.717) is 0 Å². The molecule has 2 nitrogen and oxygen atoms in total. The Hall–Kier alpha value is 0.106. The molecule has 70 valence electrons. The van der Waals surface area contributed by atoms with E-state index in [9.17, 15) is 4.79 Å². The van der Waals surface area contributed by atoms with Crippen LogP contribution in [0.4, 0.5) is 0 Å². The molecule has 1 fully saturated rings. The monoisotopic (exact) mass is 228 g/mol. The first kappa shape index (κ1) is 12.1. The molecule has 1 atom stereocenters. The van der Waals surface area contributed by atoms with E-state index >= 15 is 0 Å². The van der Waals surface area contributed by atoms with Gasteiger partial charge in [0.25, 0.3) is 0 Å². The Labute approximate surface area is 86.8 Å². The van der Waals surface area contributed by atoms with E-state index in [0.717, 1.165) is 19.3 Å². The Balaban J connectivity index is 0.00000121. The van der Waals surface area contributed by atoms with Gasteiger partial charge >= 0.3 is 25.8 Å². The van der Waals surface area contributed by atoms with Gasteiger partial charge in [-0.3, -0.25) is 4.79 Å². The van der Waals surface area contributed by atoms with Gasteiger partial charge < -0.3 is 5.11 Å². The molecule has 0 heterocycles. The molecule has 1 aliphatic rings. The number of carbonyl (C=O) groups is 1. The number of hydrogen-bond acceptors (Lipinski definition) is 1. The van der Waals surface area contributed by atoms with Gasteiger partial charge in [-0.05, 0) is 18.3 Å². The third kappa shape index (κ3) is 2.56. The fraction of sp³-hybridized carbons (Fsp3) is 0.889. The van der Waals surface area contributed by atoms with Crippen molar-refractivity contribution in [3.8, 4) is 0 Å². The molecule has 1 saturated carbocycles. The van der Waals surface area contributed by atoms with Crippen LogP contribution in [0.15, 0.2) is 0 Å².